The SMILES string of the molecule is CCOc1cccc(OCC(=O)NCc2cccnc2)c1. The van der Waals surface area contributed by atoms with Crippen molar-refractivity contribution in [3.63, 3.8) is 0 Å². The fraction of sp³-hybridized carbons (Fsp3) is 0.250. The maximum atomic E-state index is 11.7. The maximum absolute atomic E-state index is 11.7. The van der Waals surface area contributed by atoms with Gasteiger partial charge in [0.1, 0.15) is 11.5 Å². The van der Waals surface area contributed by atoms with Crippen molar-refractivity contribution in [2.45, 2.75) is 13.5 Å². The van der Waals surface area contributed by atoms with Crippen molar-refractivity contribution in [2.75, 3.05) is 13.2 Å². The summed E-state index contributed by atoms with van der Waals surface area (Å²) in [5.74, 6) is 1.16. The third kappa shape index (κ3) is 5.14. The molecule has 0 unspecified atom stereocenters. The summed E-state index contributed by atoms with van der Waals surface area (Å²) < 4.78 is 10.8. The highest BCUT2D eigenvalue weighted by Crippen LogP contribution is 2.19. The highest BCUT2D eigenvalue weighted by molar-refractivity contribution is 5.77. The van der Waals surface area contributed by atoms with Crippen LogP contribution in [-0.4, -0.2) is 24.1 Å². The molecule has 0 atom stereocenters. The zero-order chi connectivity index (χ0) is 14.9. The number of nitrogens with one attached hydrogen (secondary N) is 1. The molecule has 2 rings (SSSR count). The van der Waals surface area contributed by atoms with E-state index in [2.05, 4.69) is 10.3 Å². The average molecular weight is 286 g/mol. The molecule has 1 amide bonds. The minimum atomic E-state index is -0.180. The van der Waals surface area contributed by atoms with Crippen molar-refractivity contribution in [1.82, 2.24) is 10.3 Å². The van der Waals surface area contributed by atoms with Crippen LogP contribution >= 0.6 is 0 Å². The minimum Gasteiger partial charge on any atom is -0.494 e. The maximum Gasteiger partial charge on any atom is 0.258 e. The molecule has 110 valence electrons. The second-order valence-electron chi connectivity index (χ2n) is 4.33. The summed E-state index contributed by atoms with van der Waals surface area (Å²) >= 11 is 0. The first-order valence-corrected chi connectivity index (χ1v) is 6.79. The van der Waals surface area contributed by atoms with Crippen LogP contribution in [0.1, 0.15) is 12.5 Å². The summed E-state index contributed by atoms with van der Waals surface area (Å²) in [5, 5.41) is 2.77. The lowest BCUT2D eigenvalue weighted by molar-refractivity contribution is -0.123. The molecule has 1 aromatic carbocycles. The van der Waals surface area contributed by atoms with Crippen molar-refractivity contribution in [3.05, 3.63) is 54.4 Å². The molecule has 0 aliphatic carbocycles. The number of ether oxygens (including phenoxy) is 2. The molecule has 0 aliphatic rings. The summed E-state index contributed by atoms with van der Waals surface area (Å²) in [5.41, 5.74) is 0.948. The second kappa shape index (κ2) is 7.89. The van der Waals surface area contributed by atoms with Gasteiger partial charge in [-0.15, -0.1) is 0 Å². The van der Waals surface area contributed by atoms with Crippen LogP contribution in [0.4, 0.5) is 0 Å². The van der Waals surface area contributed by atoms with Gasteiger partial charge in [-0.2, -0.15) is 0 Å². The van der Waals surface area contributed by atoms with Crippen LogP contribution in [0, 0.1) is 0 Å². The molecule has 1 heterocycles. The molecule has 5 heteroatoms. The van der Waals surface area contributed by atoms with E-state index in [1.54, 1.807) is 24.5 Å². The van der Waals surface area contributed by atoms with Crippen LogP contribution in [0.3, 0.4) is 0 Å². The minimum absolute atomic E-state index is 0.0319. The van der Waals surface area contributed by atoms with Gasteiger partial charge in [0, 0.05) is 25.0 Å². The van der Waals surface area contributed by atoms with Crippen LogP contribution in [0.15, 0.2) is 48.8 Å². The van der Waals surface area contributed by atoms with Crippen molar-refractivity contribution in [2.24, 2.45) is 0 Å². The van der Waals surface area contributed by atoms with Gasteiger partial charge in [-0.1, -0.05) is 12.1 Å². The van der Waals surface area contributed by atoms with Crippen molar-refractivity contribution < 1.29 is 14.3 Å². The highest BCUT2D eigenvalue weighted by atomic mass is 16.5. The quantitative estimate of drug-likeness (QED) is 0.847. The highest BCUT2D eigenvalue weighted by Gasteiger charge is 2.04. The largest absolute Gasteiger partial charge is 0.494 e. The van der Waals surface area contributed by atoms with Crippen LogP contribution in [0.5, 0.6) is 11.5 Å². The molecule has 2 aromatic rings. The molecular weight excluding hydrogens is 268 g/mol. The summed E-state index contributed by atoms with van der Waals surface area (Å²) in [7, 11) is 0. The molecule has 0 fully saturated rings. The third-order valence-corrected chi connectivity index (χ3v) is 2.70. The van der Waals surface area contributed by atoms with Gasteiger partial charge in [0.2, 0.25) is 0 Å². The Morgan fingerprint density at radius 3 is 2.71 bits per heavy atom. The predicted octanol–water partition coefficient (Wildman–Crippen LogP) is 2.18. The standard InChI is InChI=1S/C16H18N2O3/c1-2-20-14-6-3-7-15(9-14)21-12-16(19)18-11-13-5-4-8-17-10-13/h3-10H,2,11-12H2,1H3,(H,18,19). The fourth-order valence-electron chi connectivity index (χ4n) is 1.72. The molecule has 0 saturated carbocycles. The van der Waals surface area contributed by atoms with E-state index in [9.17, 15) is 4.79 Å². The predicted molar refractivity (Wildman–Crippen MR) is 79.2 cm³/mol. The van der Waals surface area contributed by atoms with Crippen molar-refractivity contribution in [3.8, 4) is 11.5 Å². The van der Waals surface area contributed by atoms with E-state index in [0.717, 1.165) is 11.3 Å². The van der Waals surface area contributed by atoms with Gasteiger partial charge >= 0.3 is 0 Å². The van der Waals surface area contributed by atoms with Gasteiger partial charge in [-0.25, -0.2) is 0 Å². The number of hydrogen-bond donors (Lipinski definition) is 1. The van der Waals surface area contributed by atoms with Gasteiger partial charge in [0.25, 0.3) is 5.91 Å². The average Bonchev–Trinajstić information content (AvgIpc) is 2.53. The van der Waals surface area contributed by atoms with E-state index in [1.807, 2.05) is 31.2 Å². The molecule has 0 aliphatic heterocycles. The summed E-state index contributed by atoms with van der Waals surface area (Å²) in [6.07, 6.45) is 3.41. The number of pyridine rings is 1. The summed E-state index contributed by atoms with van der Waals surface area (Å²) in [6.45, 7) is 2.92. The molecule has 1 aromatic heterocycles. The lowest BCUT2D eigenvalue weighted by Gasteiger charge is -2.09. The number of nitrogens with zero attached hydrogens (tertiary/aromatic N) is 1. The molecule has 5 nitrogen and oxygen atoms in total. The molecule has 0 saturated heterocycles. The van der Waals surface area contributed by atoms with E-state index in [0.29, 0.717) is 18.9 Å². The summed E-state index contributed by atoms with van der Waals surface area (Å²) in [4.78, 5) is 15.7. The van der Waals surface area contributed by atoms with Gasteiger partial charge in [-0.3, -0.25) is 9.78 Å². The van der Waals surface area contributed by atoms with Crippen LogP contribution in [-0.2, 0) is 11.3 Å². The van der Waals surface area contributed by atoms with Crippen LogP contribution < -0.4 is 14.8 Å². The number of carbonyl (C=O) groups is 1. The Morgan fingerprint density at radius 2 is 2.00 bits per heavy atom. The Kier molecular flexibility index (Phi) is 5.58. The number of benzene rings is 1. The van der Waals surface area contributed by atoms with Crippen molar-refractivity contribution in [1.29, 1.82) is 0 Å². The topological polar surface area (TPSA) is 60.5 Å². The summed E-state index contributed by atoms with van der Waals surface area (Å²) in [6, 6.07) is 11.0. The Morgan fingerprint density at radius 1 is 1.19 bits per heavy atom. The Bertz CT molecular complexity index is 573. The molecule has 1 N–H and O–H groups in total. The lowest BCUT2D eigenvalue weighted by Crippen LogP contribution is -2.28. The normalized spacial score (nSPS) is 9.95. The number of carbonyl (C=O) groups excluding carboxylic acids is 1. The molecule has 0 radical (unpaired) electrons. The number of rotatable bonds is 7. The van der Waals surface area contributed by atoms with Gasteiger partial charge in [-0.05, 0) is 30.7 Å². The zero-order valence-electron chi connectivity index (χ0n) is 11.9. The van der Waals surface area contributed by atoms with Gasteiger partial charge < -0.3 is 14.8 Å². The van der Waals surface area contributed by atoms with E-state index in [-0.39, 0.29) is 12.5 Å². The zero-order valence-corrected chi connectivity index (χ0v) is 11.9. The van der Waals surface area contributed by atoms with E-state index in [1.165, 1.54) is 0 Å². The smallest absolute Gasteiger partial charge is 0.258 e. The lowest BCUT2D eigenvalue weighted by atomic mass is 10.3. The monoisotopic (exact) mass is 286 g/mol. The molecule has 0 spiro atoms. The van der Waals surface area contributed by atoms with Crippen LogP contribution in [0.2, 0.25) is 0 Å². The Hall–Kier alpha value is -2.56. The van der Waals surface area contributed by atoms with Crippen LogP contribution in [0.25, 0.3) is 0 Å². The fourth-order valence-corrected chi connectivity index (χ4v) is 1.72. The Balaban J connectivity index is 1.77. The first-order chi connectivity index (χ1) is 10.3. The van der Waals surface area contributed by atoms with Crippen molar-refractivity contribution >= 4 is 5.91 Å². The second-order valence-corrected chi connectivity index (χ2v) is 4.33. The van der Waals surface area contributed by atoms with E-state index in [4.69, 9.17) is 9.47 Å². The number of amides is 1. The first kappa shape index (κ1) is 14.8. The third-order valence-electron chi connectivity index (χ3n) is 2.70. The van der Waals surface area contributed by atoms with E-state index >= 15 is 0 Å². The molecule has 21 heavy (non-hydrogen) atoms. The number of aromatic nitrogens is 1. The molecular formula is C16H18N2O3. The molecule has 0 bridgehead atoms. The first-order valence-electron chi connectivity index (χ1n) is 6.79. The van der Waals surface area contributed by atoms with Gasteiger partial charge in [0.05, 0.1) is 6.61 Å². The number of hydrogen-bond acceptors (Lipinski definition) is 4. The van der Waals surface area contributed by atoms with Gasteiger partial charge in [0.15, 0.2) is 6.61 Å². The Labute approximate surface area is 123 Å². The van der Waals surface area contributed by atoms with E-state index < -0.39 is 0 Å².